The van der Waals surface area contributed by atoms with E-state index in [4.69, 9.17) is 16.3 Å². The molecule has 1 aromatic rings. The molecule has 1 aliphatic heterocycles. The number of nitrogens with zero attached hydrogens (tertiary/aromatic N) is 1. The molecule has 1 fully saturated rings. The fraction of sp³-hybridized carbons (Fsp3) is 0.600. The maximum atomic E-state index is 12.2. The van der Waals surface area contributed by atoms with Crippen molar-refractivity contribution in [3.05, 3.63) is 34.9 Å². The average molecular weight is 396 g/mol. The van der Waals surface area contributed by atoms with Crippen LogP contribution in [0.5, 0.6) is 0 Å². The molecule has 2 rings (SSSR count). The number of rotatable bonds is 10. The summed E-state index contributed by atoms with van der Waals surface area (Å²) < 4.78 is 5.45. The molecule has 0 spiro atoms. The minimum Gasteiger partial charge on any atom is -0.379 e. The second kappa shape index (κ2) is 12.0. The van der Waals surface area contributed by atoms with Crippen LogP contribution in [0, 0.1) is 0 Å². The van der Waals surface area contributed by atoms with E-state index in [2.05, 4.69) is 15.5 Å². The van der Waals surface area contributed by atoms with Gasteiger partial charge in [-0.1, -0.05) is 36.2 Å². The second-order valence-corrected chi connectivity index (χ2v) is 7.19. The lowest BCUT2D eigenvalue weighted by Gasteiger charge is -2.35. The predicted octanol–water partition coefficient (Wildman–Crippen LogP) is 2.53. The van der Waals surface area contributed by atoms with E-state index in [1.807, 2.05) is 24.3 Å². The van der Waals surface area contributed by atoms with Crippen LogP contribution in [-0.2, 0) is 14.3 Å². The van der Waals surface area contributed by atoms with E-state index in [0.29, 0.717) is 32.7 Å². The van der Waals surface area contributed by atoms with Crippen molar-refractivity contribution in [3.63, 3.8) is 0 Å². The summed E-state index contributed by atoms with van der Waals surface area (Å²) >= 11 is 6.41. The summed E-state index contributed by atoms with van der Waals surface area (Å²) in [6, 6.07) is 7.86. The smallest absolute Gasteiger partial charge is 0.220 e. The molecular formula is C20H30ClN3O3. The lowest BCUT2D eigenvalue weighted by molar-refractivity contribution is -0.122. The van der Waals surface area contributed by atoms with Crippen LogP contribution in [0.15, 0.2) is 24.3 Å². The van der Waals surface area contributed by atoms with Gasteiger partial charge in [0.05, 0.1) is 19.3 Å². The van der Waals surface area contributed by atoms with Crippen LogP contribution in [0.25, 0.3) is 0 Å². The first-order valence-corrected chi connectivity index (χ1v) is 10.0. The Morgan fingerprint density at radius 1 is 1.15 bits per heavy atom. The van der Waals surface area contributed by atoms with Crippen LogP contribution in [0.3, 0.4) is 0 Å². The maximum Gasteiger partial charge on any atom is 0.220 e. The number of benzene rings is 1. The Hall–Kier alpha value is -1.63. The summed E-state index contributed by atoms with van der Waals surface area (Å²) in [5.74, 6) is 0.0429. The Labute approximate surface area is 166 Å². The third kappa shape index (κ3) is 7.87. The largest absolute Gasteiger partial charge is 0.379 e. The third-order valence-electron chi connectivity index (χ3n) is 4.70. The van der Waals surface area contributed by atoms with Gasteiger partial charge in [-0.3, -0.25) is 14.5 Å². The monoisotopic (exact) mass is 395 g/mol. The molecule has 2 amide bonds. The van der Waals surface area contributed by atoms with Gasteiger partial charge in [0.25, 0.3) is 0 Å². The fourth-order valence-corrected chi connectivity index (χ4v) is 3.48. The van der Waals surface area contributed by atoms with Crippen LogP contribution in [0.4, 0.5) is 0 Å². The topological polar surface area (TPSA) is 70.7 Å². The summed E-state index contributed by atoms with van der Waals surface area (Å²) in [4.78, 5) is 25.4. The minimum atomic E-state index is -0.0125. The number of unbranched alkanes of at least 4 members (excludes halogenated alkanes) is 2. The lowest BCUT2D eigenvalue weighted by atomic mass is 10.0. The van der Waals surface area contributed by atoms with E-state index in [1.54, 1.807) is 0 Å². The van der Waals surface area contributed by atoms with Gasteiger partial charge in [-0.25, -0.2) is 0 Å². The standard InChI is InChI=1S/C20H30ClN3O3/c1-16(25)22-10-6-2-3-9-20(26)23-15-19(24-11-13-27-14-12-24)17-7-4-5-8-18(17)21/h4-5,7-8,19H,2-3,6,9-15H2,1H3,(H,22,25)(H,23,26). The van der Waals surface area contributed by atoms with Crippen LogP contribution in [-0.4, -0.2) is 56.1 Å². The second-order valence-electron chi connectivity index (χ2n) is 6.78. The quantitative estimate of drug-likeness (QED) is 0.597. The van der Waals surface area contributed by atoms with Gasteiger partial charge in [-0.2, -0.15) is 0 Å². The van der Waals surface area contributed by atoms with E-state index in [9.17, 15) is 9.59 Å². The number of halogens is 1. The zero-order valence-electron chi connectivity index (χ0n) is 16.0. The lowest BCUT2D eigenvalue weighted by Crippen LogP contribution is -2.43. The highest BCUT2D eigenvalue weighted by molar-refractivity contribution is 6.31. The highest BCUT2D eigenvalue weighted by Crippen LogP contribution is 2.27. The molecule has 1 saturated heterocycles. The Bertz CT molecular complexity index is 606. The van der Waals surface area contributed by atoms with Crippen molar-refractivity contribution in [1.82, 2.24) is 15.5 Å². The Kier molecular flexibility index (Phi) is 9.59. The minimum absolute atomic E-state index is 0.0125. The van der Waals surface area contributed by atoms with Crippen molar-refractivity contribution >= 4 is 23.4 Å². The van der Waals surface area contributed by atoms with Crippen molar-refractivity contribution < 1.29 is 14.3 Å². The molecule has 0 aromatic heterocycles. The third-order valence-corrected chi connectivity index (χ3v) is 5.04. The van der Waals surface area contributed by atoms with Crippen LogP contribution in [0.1, 0.15) is 44.2 Å². The van der Waals surface area contributed by atoms with E-state index >= 15 is 0 Å². The van der Waals surface area contributed by atoms with E-state index < -0.39 is 0 Å². The molecule has 1 heterocycles. The molecule has 1 aliphatic rings. The Morgan fingerprint density at radius 3 is 2.59 bits per heavy atom. The first kappa shape index (κ1) is 21.7. The van der Waals surface area contributed by atoms with E-state index in [-0.39, 0.29) is 17.9 Å². The van der Waals surface area contributed by atoms with Gasteiger partial charge in [0.1, 0.15) is 0 Å². The van der Waals surface area contributed by atoms with Crippen molar-refractivity contribution in [3.8, 4) is 0 Å². The number of hydrogen-bond donors (Lipinski definition) is 2. The van der Waals surface area contributed by atoms with Gasteiger partial charge < -0.3 is 15.4 Å². The Balaban J connectivity index is 1.80. The van der Waals surface area contributed by atoms with Gasteiger partial charge in [0, 0.05) is 44.5 Å². The van der Waals surface area contributed by atoms with Gasteiger partial charge in [0.15, 0.2) is 0 Å². The van der Waals surface area contributed by atoms with Gasteiger partial charge in [0.2, 0.25) is 11.8 Å². The SMILES string of the molecule is CC(=O)NCCCCCC(=O)NCC(c1ccccc1Cl)N1CCOCC1. The summed E-state index contributed by atoms with van der Waals surface area (Å²) in [6.07, 6.45) is 3.13. The van der Waals surface area contributed by atoms with Gasteiger partial charge >= 0.3 is 0 Å². The molecule has 0 radical (unpaired) electrons. The van der Waals surface area contributed by atoms with Crippen molar-refractivity contribution in [1.29, 1.82) is 0 Å². The van der Waals surface area contributed by atoms with E-state index in [1.165, 1.54) is 6.92 Å². The van der Waals surface area contributed by atoms with Gasteiger partial charge in [-0.05, 0) is 24.5 Å². The molecule has 1 unspecified atom stereocenters. The zero-order valence-corrected chi connectivity index (χ0v) is 16.8. The van der Waals surface area contributed by atoms with Crippen molar-refractivity contribution in [2.75, 3.05) is 39.4 Å². The molecule has 1 aromatic carbocycles. The van der Waals surface area contributed by atoms with Crippen LogP contribution < -0.4 is 10.6 Å². The highest BCUT2D eigenvalue weighted by Gasteiger charge is 2.24. The number of nitrogens with one attached hydrogen (secondary N) is 2. The van der Waals surface area contributed by atoms with Crippen LogP contribution in [0.2, 0.25) is 5.02 Å². The molecule has 0 aliphatic carbocycles. The molecule has 2 N–H and O–H groups in total. The van der Waals surface area contributed by atoms with E-state index in [0.717, 1.165) is 42.9 Å². The molecule has 150 valence electrons. The first-order chi connectivity index (χ1) is 13.1. The molecule has 27 heavy (non-hydrogen) atoms. The number of ether oxygens (including phenoxy) is 1. The summed E-state index contributed by atoms with van der Waals surface area (Å²) in [5, 5.41) is 6.55. The van der Waals surface area contributed by atoms with Gasteiger partial charge in [-0.15, -0.1) is 0 Å². The molecular weight excluding hydrogens is 366 g/mol. The predicted molar refractivity (Wildman–Crippen MR) is 107 cm³/mol. The number of morpholine rings is 1. The number of carbonyl (C=O) groups is 2. The molecule has 0 bridgehead atoms. The maximum absolute atomic E-state index is 12.2. The highest BCUT2D eigenvalue weighted by atomic mass is 35.5. The fourth-order valence-electron chi connectivity index (χ4n) is 3.22. The van der Waals surface area contributed by atoms with Crippen LogP contribution >= 0.6 is 11.6 Å². The van der Waals surface area contributed by atoms with Crippen molar-refractivity contribution in [2.45, 2.75) is 38.6 Å². The summed E-state index contributed by atoms with van der Waals surface area (Å²) in [6.45, 7) is 5.77. The summed E-state index contributed by atoms with van der Waals surface area (Å²) in [7, 11) is 0. The normalized spacial score (nSPS) is 15.9. The number of carbonyl (C=O) groups excluding carboxylic acids is 2. The number of amides is 2. The molecule has 7 heteroatoms. The van der Waals surface area contributed by atoms with Crippen molar-refractivity contribution in [2.24, 2.45) is 0 Å². The summed E-state index contributed by atoms with van der Waals surface area (Å²) in [5.41, 5.74) is 1.04. The molecule has 6 nitrogen and oxygen atoms in total. The Morgan fingerprint density at radius 2 is 1.89 bits per heavy atom. The molecule has 1 atom stereocenters. The number of hydrogen-bond acceptors (Lipinski definition) is 4. The first-order valence-electron chi connectivity index (χ1n) is 9.65. The zero-order chi connectivity index (χ0) is 19.5. The molecule has 0 saturated carbocycles. The average Bonchev–Trinajstić information content (AvgIpc) is 2.66.